The minimum absolute atomic E-state index is 0.385. The molecule has 2 heterocycles. The van der Waals surface area contributed by atoms with E-state index in [2.05, 4.69) is 66.5 Å². The molecular formula is C13H12BN. The number of allylic oxidation sites excluding steroid dienone is 2. The average Bonchev–Trinajstić information content (AvgIpc) is 2.28. The second-order valence-corrected chi connectivity index (χ2v) is 4.07. The molecule has 0 saturated heterocycles. The topological polar surface area (TPSA) is 3.24 Å². The Labute approximate surface area is 90.5 Å². The van der Waals surface area contributed by atoms with Crippen LogP contribution in [-0.2, 0) is 0 Å². The van der Waals surface area contributed by atoms with Gasteiger partial charge in [-0.2, -0.15) is 0 Å². The van der Waals surface area contributed by atoms with Crippen molar-refractivity contribution in [2.75, 3.05) is 0 Å². The van der Waals surface area contributed by atoms with Crippen molar-refractivity contribution in [2.45, 2.75) is 6.92 Å². The van der Waals surface area contributed by atoms with E-state index in [0.717, 1.165) is 0 Å². The van der Waals surface area contributed by atoms with Gasteiger partial charge in [0.15, 0.2) is 0 Å². The summed E-state index contributed by atoms with van der Waals surface area (Å²) in [6.07, 6.45) is 10.6. The molecule has 15 heavy (non-hydrogen) atoms. The summed E-state index contributed by atoms with van der Waals surface area (Å²) in [4.78, 5) is 2.23. The van der Waals surface area contributed by atoms with Gasteiger partial charge in [0.2, 0.25) is 0 Å². The summed E-state index contributed by atoms with van der Waals surface area (Å²) < 4.78 is 0. The summed E-state index contributed by atoms with van der Waals surface area (Å²) in [5.74, 6) is 2.23. The summed E-state index contributed by atoms with van der Waals surface area (Å²) in [7, 11) is 0. The van der Waals surface area contributed by atoms with Crippen LogP contribution in [-0.4, -0.2) is 11.7 Å². The summed E-state index contributed by atoms with van der Waals surface area (Å²) in [6.45, 7) is 2.52. The molecule has 3 rings (SSSR count). The van der Waals surface area contributed by atoms with E-state index in [1.807, 2.05) is 0 Å². The number of aryl methyl sites for hydroxylation is 1. The lowest BCUT2D eigenvalue weighted by Crippen LogP contribution is -2.45. The summed E-state index contributed by atoms with van der Waals surface area (Å²) in [5, 5.41) is 0. The van der Waals surface area contributed by atoms with E-state index in [1.54, 1.807) is 0 Å². The Morgan fingerprint density at radius 2 is 2.07 bits per heavy atom. The molecule has 1 nitrogen and oxygen atoms in total. The average molecular weight is 193 g/mol. The molecule has 0 fully saturated rings. The molecule has 0 bridgehead atoms. The van der Waals surface area contributed by atoms with Crippen LogP contribution in [0.3, 0.4) is 0 Å². The van der Waals surface area contributed by atoms with Crippen LogP contribution in [0.15, 0.2) is 48.7 Å². The van der Waals surface area contributed by atoms with E-state index in [-0.39, 0.29) is 0 Å². The molecule has 0 aromatic heterocycles. The Morgan fingerprint density at radius 1 is 1.13 bits per heavy atom. The zero-order valence-electron chi connectivity index (χ0n) is 8.72. The summed E-state index contributed by atoms with van der Waals surface area (Å²) in [5.41, 5.74) is 4.06. The van der Waals surface area contributed by atoms with Crippen LogP contribution >= 0.6 is 0 Å². The van der Waals surface area contributed by atoms with E-state index >= 15 is 0 Å². The van der Waals surface area contributed by atoms with E-state index in [9.17, 15) is 0 Å². The third-order valence-electron chi connectivity index (χ3n) is 2.97. The largest absolute Gasteiger partial charge is 0.390 e. The van der Waals surface area contributed by atoms with Gasteiger partial charge in [0.1, 0.15) is 0 Å². The number of hydrogen-bond acceptors (Lipinski definition) is 1. The number of rotatable bonds is 0. The predicted molar refractivity (Wildman–Crippen MR) is 65.7 cm³/mol. The van der Waals surface area contributed by atoms with Gasteiger partial charge < -0.3 is 4.81 Å². The molecular weight excluding hydrogens is 181 g/mol. The summed E-state index contributed by atoms with van der Waals surface area (Å²) in [6, 6.07) is 6.66. The number of benzene rings is 1. The number of fused-ring (bicyclic) bond motifs is 3. The van der Waals surface area contributed by atoms with Gasteiger partial charge in [-0.05, 0) is 42.5 Å². The molecule has 0 aliphatic carbocycles. The van der Waals surface area contributed by atoms with Crippen molar-refractivity contribution in [3.8, 4) is 0 Å². The van der Waals surface area contributed by atoms with Crippen molar-refractivity contribution in [1.29, 1.82) is 0 Å². The zero-order valence-corrected chi connectivity index (χ0v) is 8.72. The predicted octanol–water partition coefficient (Wildman–Crippen LogP) is 2.10. The smallest absolute Gasteiger partial charge is 0.320 e. The van der Waals surface area contributed by atoms with Gasteiger partial charge in [0, 0.05) is 0 Å². The molecule has 0 saturated carbocycles. The van der Waals surface area contributed by atoms with Crippen molar-refractivity contribution in [3.05, 3.63) is 59.9 Å². The van der Waals surface area contributed by atoms with Gasteiger partial charge in [-0.3, -0.25) is 0 Å². The SMILES string of the molecule is Cc1ccc2c(c1)C=CN1C=CC=CB21. The molecule has 2 aliphatic heterocycles. The van der Waals surface area contributed by atoms with E-state index in [4.69, 9.17) is 0 Å². The van der Waals surface area contributed by atoms with Crippen molar-refractivity contribution in [1.82, 2.24) is 4.81 Å². The highest BCUT2D eigenvalue weighted by Crippen LogP contribution is 2.16. The fourth-order valence-corrected chi connectivity index (χ4v) is 2.19. The van der Waals surface area contributed by atoms with Crippen LogP contribution in [0.5, 0.6) is 0 Å². The first-order valence-corrected chi connectivity index (χ1v) is 5.26. The second kappa shape index (κ2) is 3.16. The molecule has 0 amide bonds. The number of hydrogen-bond donors (Lipinski definition) is 0. The van der Waals surface area contributed by atoms with Crippen molar-refractivity contribution in [2.24, 2.45) is 0 Å². The van der Waals surface area contributed by atoms with Crippen LogP contribution in [0, 0.1) is 6.92 Å². The lowest BCUT2D eigenvalue weighted by Gasteiger charge is -2.29. The molecule has 2 heteroatoms. The first kappa shape index (κ1) is 8.60. The standard InChI is InChI=1S/C13H12BN/c1-11-4-5-13-12(10-11)6-9-15-8-3-2-7-14(13)15/h2-10H,1H3. The monoisotopic (exact) mass is 193 g/mol. The van der Waals surface area contributed by atoms with Gasteiger partial charge in [-0.25, -0.2) is 0 Å². The fraction of sp³-hybridized carbons (Fsp3) is 0.0769. The van der Waals surface area contributed by atoms with Crippen molar-refractivity contribution in [3.63, 3.8) is 0 Å². The maximum absolute atomic E-state index is 2.25. The third-order valence-corrected chi connectivity index (χ3v) is 2.97. The minimum Gasteiger partial charge on any atom is -0.390 e. The fourth-order valence-electron chi connectivity index (χ4n) is 2.19. The molecule has 72 valence electrons. The Kier molecular flexibility index (Phi) is 1.81. The van der Waals surface area contributed by atoms with Crippen LogP contribution in [0.2, 0.25) is 0 Å². The molecule has 1 aromatic rings. The van der Waals surface area contributed by atoms with E-state index in [0.29, 0.717) is 6.85 Å². The van der Waals surface area contributed by atoms with E-state index in [1.165, 1.54) is 16.6 Å². The maximum atomic E-state index is 2.25. The second-order valence-electron chi connectivity index (χ2n) is 4.07. The van der Waals surface area contributed by atoms with E-state index < -0.39 is 0 Å². The highest BCUT2D eigenvalue weighted by molar-refractivity contribution is 6.77. The Bertz CT molecular complexity index is 485. The molecule has 0 atom stereocenters. The molecule has 0 N–H and O–H groups in total. The Balaban J connectivity index is 2.14. The molecule has 0 radical (unpaired) electrons. The third kappa shape index (κ3) is 1.33. The molecule has 2 aliphatic rings. The summed E-state index contributed by atoms with van der Waals surface area (Å²) >= 11 is 0. The first-order chi connectivity index (χ1) is 7.34. The normalized spacial score (nSPS) is 16.6. The lowest BCUT2D eigenvalue weighted by molar-refractivity contribution is 0.797. The molecule has 0 spiro atoms. The van der Waals surface area contributed by atoms with Crippen LogP contribution in [0.25, 0.3) is 6.08 Å². The van der Waals surface area contributed by atoms with Gasteiger partial charge in [-0.1, -0.05) is 35.8 Å². The van der Waals surface area contributed by atoms with Gasteiger partial charge in [0.25, 0.3) is 0 Å². The Hall–Kier alpha value is -1.70. The maximum Gasteiger partial charge on any atom is 0.320 e. The minimum atomic E-state index is 0.385. The highest BCUT2D eigenvalue weighted by Gasteiger charge is 2.25. The zero-order chi connectivity index (χ0) is 10.3. The molecule has 0 unspecified atom stereocenters. The Morgan fingerprint density at radius 3 is 3.00 bits per heavy atom. The van der Waals surface area contributed by atoms with Gasteiger partial charge >= 0.3 is 6.85 Å². The van der Waals surface area contributed by atoms with Crippen molar-refractivity contribution < 1.29 is 0 Å². The van der Waals surface area contributed by atoms with Gasteiger partial charge in [-0.15, -0.1) is 0 Å². The van der Waals surface area contributed by atoms with Crippen LogP contribution < -0.4 is 5.46 Å². The van der Waals surface area contributed by atoms with Crippen LogP contribution in [0.1, 0.15) is 11.1 Å². The van der Waals surface area contributed by atoms with Crippen LogP contribution in [0.4, 0.5) is 0 Å². The first-order valence-electron chi connectivity index (χ1n) is 5.26. The van der Waals surface area contributed by atoms with Crippen molar-refractivity contribution >= 4 is 18.4 Å². The highest BCUT2D eigenvalue weighted by atomic mass is 15.0. The molecule has 1 aromatic carbocycles. The lowest BCUT2D eigenvalue weighted by atomic mass is 9.51. The number of nitrogens with zero attached hydrogens (tertiary/aromatic N) is 1. The quantitative estimate of drug-likeness (QED) is 0.570. The van der Waals surface area contributed by atoms with Gasteiger partial charge in [0.05, 0.1) is 0 Å².